The van der Waals surface area contributed by atoms with Crippen LogP contribution in [-0.4, -0.2) is 69.1 Å². The van der Waals surface area contributed by atoms with E-state index in [1.807, 2.05) is 30.3 Å². The van der Waals surface area contributed by atoms with Gasteiger partial charge >= 0.3 is 5.97 Å². The fourth-order valence-corrected chi connectivity index (χ4v) is 2.81. The molecule has 3 rings (SSSR count). The Kier molecular flexibility index (Phi) is 5.74. The van der Waals surface area contributed by atoms with Crippen molar-refractivity contribution in [1.82, 2.24) is 30.4 Å². The lowest BCUT2D eigenvalue weighted by molar-refractivity contribution is -0.156. The van der Waals surface area contributed by atoms with Crippen molar-refractivity contribution in [2.24, 2.45) is 0 Å². The number of hydrogen-bond donors (Lipinski definition) is 1. The molecule has 0 unspecified atom stereocenters. The van der Waals surface area contributed by atoms with E-state index in [0.29, 0.717) is 18.8 Å². The summed E-state index contributed by atoms with van der Waals surface area (Å²) in [6.45, 7) is 0.301. The summed E-state index contributed by atoms with van der Waals surface area (Å²) < 4.78 is 4.71. The summed E-state index contributed by atoms with van der Waals surface area (Å²) in [4.78, 5) is 38.5. The van der Waals surface area contributed by atoms with Crippen molar-refractivity contribution in [2.45, 2.75) is 25.4 Å². The molecule has 1 aliphatic rings. The molecule has 0 bridgehead atoms. The Labute approximate surface area is 155 Å². The van der Waals surface area contributed by atoms with Gasteiger partial charge in [-0.15, -0.1) is 10.2 Å². The number of amides is 2. The number of carbonyl (C=O) groups excluding carboxylic acids is 3. The summed E-state index contributed by atoms with van der Waals surface area (Å²) in [5, 5.41) is 14.8. The van der Waals surface area contributed by atoms with Crippen LogP contribution in [0.25, 0.3) is 11.4 Å². The van der Waals surface area contributed by atoms with Gasteiger partial charge in [-0.25, -0.2) is 4.79 Å². The van der Waals surface area contributed by atoms with Gasteiger partial charge in [-0.2, -0.15) is 4.80 Å². The summed E-state index contributed by atoms with van der Waals surface area (Å²) in [6.07, 6.45) is 0.610. The normalized spacial score (nSPS) is 16.7. The molecular formula is C17H20N6O4. The zero-order valence-corrected chi connectivity index (χ0v) is 14.9. The number of nitrogens with zero attached hydrogens (tertiary/aromatic N) is 5. The number of nitrogens with one attached hydrogen (secondary N) is 1. The van der Waals surface area contributed by atoms with Crippen LogP contribution in [0.5, 0.6) is 0 Å². The summed E-state index contributed by atoms with van der Waals surface area (Å²) in [5.74, 6) is -0.619. The van der Waals surface area contributed by atoms with Crippen molar-refractivity contribution < 1.29 is 19.1 Å². The maximum atomic E-state index is 12.5. The summed E-state index contributed by atoms with van der Waals surface area (Å²) in [5.41, 5.74) is 0.861. The molecule has 1 N–H and O–H groups in total. The van der Waals surface area contributed by atoms with Crippen molar-refractivity contribution in [3.05, 3.63) is 30.3 Å². The largest absolute Gasteiger partial charge is 0.467 e. The van der Waals surface area contributed by atoms with E-state index in [1.54, 1.807) is 0 Å². The molecule has 142 valence electrons. The van der Waals surface area contributed by atoms with E-state index in [9.17, 15) is 14.4 Å². The lowest BCUT2D eigenvalue weighted by atomic mass is 10.1. The highest BCUT2D eigenvalue weighted by Crippen LogP contribution is 2.13. The summed E-state index contributed by atoms with van der Waals surface area (Å²) in [6, 6.07) is 8.66. The van der Waals surface area contributed by atoms with Gasteiger partial charge in [0.15, 0.2) is 0 Å². The molecule has 1 aromatic carbocycles. The highest BCUT2D eigenvalue weighted by atomic mass is 16.5. The summed E-state index contributed by atoms with van der Waals surface area (Å²) >= 11 is 0. The number of ether oxygens (including phenoxy) is 1. The van der Waals surface area contributed by atoms with Gasteiger partial charge in [-0.1, -0.05) is 30.3 Å². The highest BCUT2D eigenvalue weighted by molar-refractivity contribution is 5.91. The van der Waals surface area contributed by atoms with E-state index in [4.69, 9.17) is 4.74 Å². The average Bonchev–Trinajstić information content (AvgIpc) is 3.17. The Hall–Kier alpha value is -3.30. The van der Waals surface area contributed by atoms with Crippen LogP contribution in [-0.2, 0) is 25.7 Å². The zero-order chi connectivity index (χ0) is 19.2. The molecule has 1 fully saturated rings. The highest BCUT2D eigenvalue weighted by Gasteiger charge is 2.35. The minimum Gasteiger partial charge on any atom is -0.467 e. The molecule has 2 aromatic rings. The fraction of sp³-hybridized carbons (Fsp3) is 0.412. The maximum absolute atomic E-state index is 12.5. The van der Waals surface area contributed by atoms with E-state index < -0.39 is 12.0 Å². The minimum atomic E-state index is -0.797. The van der Waals surface area contributed by atoms with Crippen molar-refractivity contribution in [3.63, 3.8) is 0 Å². The number of aryl methyl sites for hydroxylation is 1. The lowest BCUT2D eigenvalue weighted by Gasteiger charge is -2.33. The van der Waals surface area contributed by atoms with Crippen molar-refractivity contribution in [1.29, 1.82) is 0 Å². The SMILES string of the molecule is COC(=O)[C@@H]1CNC(=O)CN1C(=O)CCCn1nnc(-c2ccccc2)n1. The molecule has 1 aliphatic heterocycles. The van der Waals surface area contributed by atoms with Gasteiger partial charge in [-0.3, -0.25) is 9.59 Å². The van der Waals surface area contributed by atoms with Gasteiger partial charge in [0.25, 0.3) is 0 Å². The van der Waals surface area contributed by atoms with Crippen molar-refractivity contribution in [3.8, 4) is 11.4 Å². The van der Waals surface area contributed by atoms with E-state index in [1.165, 1.54) is 16.8 Å². The molecule has 0 radical (unpaired) electrons. The Bertz CT molecular complexity index is 822. The first-order valence-corrected chi connectivity index (χ1v) is 8.55. The van der Waals surface area contributed by atoms with E-state index in [2.05, 4.69) is 20.7 Å². The molecule has 1 atom stereocenters. The third-order valence-electron chi connectivity index (χ3n) is 4.21. The van der Waals surface area contributed by atoms with Crippen LogP contribution < -0.4 is 5.32 Å². The molecule has 10 heteroatoms. The topological polar surface area (TPSA) is 119 Å². The Balaban J connectivity index is 1.55. The van der Waals surface area contributed by atoms with Crippen LogP contribution in [0.2, 0.25) is 0 Å². The number of esters is 1. The Morgan fingerprint density at radius 1 is 1.30 bits per heavy atom. The molecule has 0 spiro atoms. The van der Waals surface area contributed by atoms with E-state index >= 15 is 0 Å². The number of benzene rings is 1. The number of tetrazole rings is 1. The smallest absolute Gasteiger partial charge is 0.330 e. The zero-order valence-electron chi connectivity index (χ0n) is 14.9. The summed E-state index contributed by atoms with van der Waals surface area (Å²) in [7, 11) is 1.25. The minimum absolute atomic E-state index is 0.0579. The number of hydrogen-bond acceptors (Lipinski definition) is 7. The molecule has 27 heavy (non-hydrogen) atoms. The lowest BCUT2D eigenvalue weighted by Crippen LogP contribution is -2.59. The van der Waals surface area contributed by atoms with Crippen LogP contribution in [0.4, 0.5) is 0 Å². The van der Waals surface area contributed by atoms with Gasteiger partial charge < -0.3 is 15.0 Å². The molecule has 1 saturated heterocycles. The predicted octanol–water partition coefficient (Wildman–Crippen LogP) is -0.380. The molecule has 0 saturated carbocycles. The monoisotopic (exact) mass is 372 g/mol. The first kappa shape index (κ1) is 18.5. The van der Waals surface area contributed by atoms with Crippen LogP contribution >= 0.6 is 0 Å². The van der Waals surface area contributed by atoms with Gasteiger partial charge in [-0.05, 0) is 11.6 Å². The second-order valence-corrected chi connectivity index (χ2v) is 6.04. The first-order valence-electron chi connectivity index (χ1n) is 8.55. The molecular weight excluding hydrogens is 352 g/mol. The van der Waals surface area contributed by atoms with Crippen molar-refractivity contribution in [2.75, 3.05) is 20.2 Å². The van der Waals surface area contributed by atoms with Crippen LogP contribution in [0.1, 0.15) is 12.8 Å². The third kappa shape index (κ3) is 4.46. The molecule has 0 aliphatic carbocycles. The van der Waals surface area contributed by atoms with E-state index in [-0.39, 0.29) is 31.3 Å². The Morgan fingerprint density at radius 3 is 2.81 bits per heavy atom. The molecule has 2 heterocycles. The molecule has 2 amide bonds. The molecule has 10 nitrogen and oxygen atoms in total. The second-order valence-electron chi connectivity index (χ2n) is 6.04. The number of methoxy groups -OCH3 is 1. The van der Waals surface area contributed by atoms with Crippen LogP contribution in [0.15, 0.2) is 30.3 Å². The number of carbonyl (C=O) groups is 3. The van der Waals surface area contributed by atoms with Crippen LogP contribution in [0, 0.1) is 0 Å². The fourth-order valence-electron chi connectivity index (χ4n) is 2.81. The maximum Gasteiger partial charge on any atom is 0.330 e. The van der Waals surface area contributed by atoms with E-state index in [0.717, 1.165) is 5.56 Å². The number of piperazine rings is 1. The molecule has 1 aromatic heterocycles. The number of rotatable bonds is 6. The first-order chi connectivity index (χ1) is 13.1. The van der Waals surface area contributed by atoms with Gasteiger partial charge in [0.1, 0.15) is 12.6 Å². The van der Waals surface area contributed by atoms with Crippen LogP contribution in [0.3, 0.4) is 0 Å². The third-order valence-corrected chi connectivity index (χ3v) is 4.21. The average molecular weight is 372 g/mol. The quantitative estimate of drug-likeness (QED) is 0.687. The van der Waals surface area contributed by atoms with Gasteiger partial charge in [0.05, 0.1) is 13.7 Å². The number of aromatic nitrogens is 4. The Morgan fingerprint density at radius 2 is 2.07 bits per heavy atom. The predicted molar refractivity (Wildman–Crippen MR) is 93.0 cm³/mol. The van der Waals surface area contributed by atoms with Crippen molar-refractivity contribution >= 4 is 17.8 Å². The van der Waals surface area contributed by atoms with Gasteiger partial charge in [0.2, 0.25) is 17.6 Å². The van der Waals surface area contributed by atoms with Gasteiger partial charge in [0, 0.05) is 18.5 Å². The second kappa shape index (κ2) is 8.39. The standard InChI is InChI=1S/C17H20N6O4/c1-27-17(26)13-10-18-14(24)11-22(13)15(25)8-5-9-23-20-16(19-21-23)12-6-3-2-4-7-12/h2-4,6-7,13H,5,8-11H2,1H3,(H,18,24)/t13-/m0/s1.